The Bertz CT molecular complexity index is 1440. The summed E-state index contributed by atoms with van der Waals surface area (Å²) in [4.78, 5) is 12.6. The lowest BCUT2D eigenvalue weighted by atomic mass is 10.0. The van der Waals surface area contributed by atoms with Crippen molar-refractivity contribution < 1.29 is 44.8 Å². The van der Waals surface area contributed by atoms with E-state index in [1.54, 1.807) is 0 Å². The zero-order chi connectivity index (χ0) is 26.4. The van der Waals surface area contributed by atoms with Crippen LogP contribution in [0.2, 0.25) is 5.02 Å². The zero-order valence-corrected chi connectivity index (χ0v) is 18.5. The number of hydrogen-bond donors (Lipinski definition) is 0. The molecule has 36 heavy (non-hydrogen) atoms. The second-order valence-corrected chi connectivity index (χ2v) is 7.60. The van der Waals surface area contributed by atoms with Crippen molar-refractivity contribution in [1.82, 2.24) is 14.9 Å². The average molecular weight is 534 g/mol. The highest BCUT2D eigenvalue weighted by Gasteiger charge is 2.42. The fraction of sp³-hybridized carbons (Fsp3) is 0.136. The molecule has 0 aliphatic heterocycles. The van der Waals surface area contributed by atoms with Crippen LogP contribution in [0.5, 0.6) is 0 Å². The van der Waals surface area contributed by atoms with E-state index in [2.05, 4.69) is 15.0 Å². The van der Waals surface area contributed by atoms with Gasteiger partial charge in [-0.3, -0.25) is 0 Å². The molecule has 4 rings (SSSR count). The van der Waals surface area contributed by atoms with Gasteiger partial charge < -0.3 is 9.26 Å². The molecule has 6 nitrogen and oxygen atoms in total. The summed E-state index contributed by atoms with van der Waals surface area (Å²) in [5.74, 6) is -2.99. The lowest BCUT2D eigenvalue weighted by Gasteiger charge is -2.14. The van der Waals surface area contributed by atoms with Crippen LogP contribution in [0.3, 0.4) is 0 Å². The third-order valence-corrected chi connectivity index (χ3v) is 5.30. The normalized spacial score (nSPS) is 12.1. The van der Waals surface area contributed by atoms with Crippen LogP contribution in [-0.2, 0) is 17.1 Å². The van der Waals surface area contributed by atoms with Crippen LogP contribution in [-0.4, -0.2) is 28.0 Å². The molecule has 0 saturated carbocycles. The highest BCUT2D eigenvalue weighted by atomic mass is 35.5. The molecule has 0 atom stereocenters. The number of esters is 1. The Hall–Kier alpha value is -3.87. The Balaban J connectivity index is 1.99. The van der Waals surface area contributed by atoms with Gasteiger partial charge in [0.2, 0.25) is 0 Å². The summed E-state index contributed by atoms with van der Waals surface area (Å²) >= 11 is 6.02. The maximum Gasteiger partial charge on any atom is 0.434 e. The van der Waals surface area contributed by atoms with Gasteiger partial charge in [0, 0.05) is 0 Å². The third kappa shape index (κ3) is 4.41. The van der Waals surface area contributed by atoms with Crippen molar-refractivity contribution in [1.29, 1.82) is 0 Å². The van der Waals surface area contributed by atoms with Gasteiger partial charge in [-0.15, -0.1) is 0 Å². The van der Waals surface area contributed by atoms with Gasteiger partial charge in [-0.05, 0) is 30.3 Å². The number of aromatic nitrogens is 3. The molecule has 0 bridgehead atoms. The van der Waals surface area contributed by atoms with E-state index in [9.17, 15) is 35.5 Å². The predicted octanol–water partition coefficient (Wildman–Crippen LogP) is 6.81. The van der Waals surface area contributed by atoms with Gasteiger partial charge in [0.15, 0.2) is 11.5 Å². The summed E-state index contributed by atoms with van der Waals surface area (Å²) in [5.41, 5.74) is -5.89. The minimum atomic E-state index is -5.20. The van der Waals surface area contributed by atoms with Gasteiger partial charge >= 0.3 is 18.3 Å². The van der Waals surface area contributed by atoms with Crippen molar-refractivity contribution in [3.63, 3.8) is 0 Å². The molecular weight excluding hydrogens is 523 g/mol. The summed E-state index contributed by atoms with van der Waals surface area (Å²) in [6, 6.07) is 6.52. The van der Waals surface area contributed by atoms with Crippen LogP contribution < -0.4 is 0 Å². The molecule has 0 aliphatic rings. The molecule has 0 aliphatic carbocycles. The molecule has 0 fully saturated rings. The Morgan fingerprint density at radius 1 is 1.06 bits per heavy atom. The minimum Gasteiger partial charge on any atom is -0.465 e. The molecule has 0 unspecified atom stereocenters. The first kappa shape index (κ1) is 25.2. The largest absolute Gasteiger partial charge is 0.465 e. The van der Waals surface area contributed by atoms with Crippen LogP contribution in [0.4, 0.5) is 30.7 Å². The molecule has 188 valence electrons. The fourth-order valence-electron chi connectivity index (χ4n) is 3.46. The summed E-state index contributed by atoms with van der Waals surface area (Å²) < 4.78 is 106. The Kier molecular flexibility index (Phi) is 6.29. The van der Waals surface area contributed by atoms with E-state index >= 15 is 0 Å². The standard InChI is InChI=1S/C22H11ClF7N3O3/c1-35-20(34)16-17(15-13(23)6-3-7-14(15)24)32-36-18(16)12-9-31-33(19(12)22(28,29)30)11-5-2-4-10(8-11)21(25,26)27/h2-9H,1H3. The third-order valence-electron chi connectivity index (χ3n) is 4.98. The van der Waals surface area contributed by atoms with Crippen LogP contribution in [0.15, 0.2) is 53.2 Å². The molecule has 2 aromatic heterocycles. The number of rotatable bonds is 4. The minimum absolute atomic E-state index is 0.212. The number of ether oxygens (including phenoxy) is 1. The van der Waals surface area contributed by atoms with E-state index in [0.717, 1.165) is 25.3 Å². The second kappa shape index (κ2) is 8.97. The van der Waals surface area contributed by atoms with Crippen LogP contribution in [0.25, 0.3) is 28.3 Å². The van der Waals surface area contributed by atoms with Gasteiger partial charge in [0.05, 0.1) is 40.7 Å². The molecule has 0 spiro atoms. The number of nitrogens with zero attached hydrogens (tertiary/aromatic N) is 3. The highest BCUT2D eigenvalue weighted by Crippen LogP contribution is 2.43. The molecule has 14 heteroatoms. The molecule has 0 N–H and O–H groups in total. The van der Waals surface area contributed by atoms with Crippen LogP contribution in [0, 0.1) is 5.82 Å². The number of alkyl halides is 6. The van der Waals surface area contributed by atoms with Crippen LogP contribution >= 0.6 is 11.6 Å². The second-order valence-electron chi connectivity index (χ2n) is 7.19. The van der Waals surface area contributed by atoms with E-state index in [1.165, 1.54) is 12.1 Å². The lowest BCUT2D eigenvalue weighted by molar-refractivity contribution is -0.142. The molecule has 0 radical (unpaired) electrons. The highest BCUT2D eigenvalue weighted by molar-refractivity contribution is 6.33. The first-order valence-electron chi connectivity index (χ1n) is 9.70. The molecule has 4 aromatic rings. The summed E-state index contributed by atoms with van der Waals surface area (Å²) in [7, 11) is 0.919. The van der Waals surface area contributed by atoms with Gasteiger partial charge in [-0.25, -0.2) is 13.9 Å². The summed E-state index contributed by atoms with van der Waals surface area (Å²) in [6.07, 6.45) is -9.40. The quantitative estimate of drug-likeness (QED) is 0.213. The lowest BCUT2D eigenvalue weighted by Crippen LogP contribution is -2.16. The van der Waals surface area contributed by atoms with Gasteiger partial charge in [-0.1, -0.05) is 28.9 Å². The summed E-state index contributed by atoms with van der Waals surface area (Å²) in [6.45, 7) is 0. The summed E-state index contributed by atoms with van der Waals surface area (Å²) in [5, 5.41) is 6.91. The average Bonchev–Trinajstić information content (AvgIpc) is 3.42. The van der Waals surface area contributed by atoms with Gasteiger partial charge in [-0.2, -0.15) is 31.4 Å². The molecule has 0 saturated heterocycles. The van der Waals surface area contributed by atoms with E-state index in [4.69, 9.17) is 16.1 Å². The number of carbonyl (C=O) groups is 1. The van der Waals surface area contributed by atoms with Crippen molar-refractivity contribution in [2.24, 2.45) is 0 Å². The van der Waals surface area contributed by atoms with E-state index < -0.39 is 69.2 Å². The topological polar surface area (TPSA) is 70.2 Å². The van der Waals surface area contributed by atoms with Crippen molar-refractivity contribution in [3.8, 4) is 28.3 Å². The Morgan fingerprint density at radius 3 is 2.36 bits per heavy atom. The van der Waals surface area contributed by atoms with E-state index in [0.29, 0.717) is 18.3 Å². The van der Waals surface area contributed by atoms with Crippen LogP contribution in [0.1, 0.15) is 21.6 Å². The zero-order valence-electron chi connectivity index (χ0n) is 17.7. The van der Waals surface area contributed by atoms with Crippen molar-refractivity contribution >= 4 is 17.6 Å². The fourth-order valence-corrected chi connectivity index (χ4v) is 3.71. The number of carbonyl (C=O) groups excluding carboxylic acids is 1. The van der Waals surface area contributed by atoms with Gasteiger partial charge in [0.1, 0.15) is 17.1 Å². The Labute approximate surface area is 201 Å². The van der Waals surface area contributed by atoms with Crippen molar-refractivity contribution in [2.45, 2.75) is 12.4 Å². The molecule has 0 amide bonds. The molecule has 2 aromatic carbocycles. The number of benzene rings is 2. The smallest absolute Gasteiger partial charge is 0.434 e. The van der Waals surface area contributed by atoms with E-state index in [1.807, 2.05) is 0 Å². The molecule has 2 heterocycles. The maximum atomic E-state index is 14.5. The maximum absolute atomic E-state index is 14.5. The predicted molar refractivity (Wildman–Crippen MR) is 111 cm³/mol. The number of halogens is 8. The monoisotopic (exact) mass is 533 g/mol. The van der Waals surface area contributed by atoms with Crippen molar-refractivity contribution in [2.75, 3.05) is 7.11 Å². The van der Waals surface area contributed by atoms with Gasteiger partial charge in [0.25, 0.3) is 0 Å². The van der Waals surface area contributed by atoms with Crippen molar-refractivity contribution in [3.05, 3.63) is 76.3 Å². The first-order chi connectivity index (χ1) is 16.8. The molecular formula is C22H11ClF7N3O3. The van der Waals surface area contributed by atoms with E-state index in [-0.39, 0.29) is 9.70 Å². The number of hydrogen-bond acceptors (Lipinski definition) is 5. The SMILES string of the molecule is COC(=O)c1c(-c2c(F)cccc2Cl)noc1-c1cnn(-c2cccc(C(F)(F)F)c2)c1C(F)(F)F. The Morgan fingerprint density at radius 2 is 1.75 bits per heavy atom. The first-order valence-corrected chi connectivity index (χ1v) is 10.1. The number of methoxy groups -OCH3 is 1.